The maximum atomic E-state index is 12.9. The van der Waals surface area contributed by atoms with Gasteiger partial charge in [0.15, 0.2) is 12.6 Å². The number of hydrogen-bond donors (Lipinski definition) is 7. The molecule has 7 N–H and O–H groups in total. The van der Waals surface area contributed by atoms with Crippen molar-refractivity contribution in [1.29, 1.82) is 0 Å². The maximum absolute atomic E-state index is 12.9. The molecule has 0 saturated carbocycles. The molecule has 14 heteroatoms. The fourth-order valence-electron chi connectivity index (χ4n) is 7.02. The SMILES string of the molecule is CC/C=C\C/C=C\C/C=C\C/C=C\C/C=C\CCCC(=O)OC(COCCCCCCCC/C=C\CCCCC)COC1OC(COC2OC(CO)C(O)C(O)C2O)C(O)C(O)C1O. The van der Waals surface area contributed by atoms with Gasteiger partial charge in [-0.2, -0.15) is 0 Å². The first-order valence-corrected chi connectivity index (χ1v) is 24.0. The largest absolute Gasteiger partial charge is 0.457 e. The molecule has 0 amide bonds. The Kier molecular flexibility index (Phi) is 33.7. The molecule has 2 heterocycles. The number of carbonyl (C=O) groups excluding carboxylic acids is 1. The van der Waals surface area contributed by atoms with Crippen LogP contribution in [0.25, 0.3) is 0 Å². The Bertz CT molecular complexity index is 1330. The lowest BCUT2D eigenvalue weighted by atomic mass is 9.98. The Morgan fingerprint density at radius 3 is 1.61 bits per heavy atom. The molecule has 14 nitrogen and oxygen atoms in total. The van der Waals surface area contributed by atoms with Gasteiger partial charge in [0.25, 0.3) is 0 Å². The third-order valence-corrected chi connectivity index (χ3v) is 10.9. The summed E-state index contributed by atoms with van der Waals surface area (Å²) in [5.74, 6) is -0.438. The number of carbonyl (C=O) groups is 1. The first-order valence-electron chi connectivity index (χ1n) is 24.0. The molecule has 368 valence electrons. The summed E-state index contributed by atoms with van der Waals surface area (Å²) in [5, 5.41) is 72.0. The normalized spacial score (nSPS) is 27.4. The fourth-order valence-corrected chi connectivity index (χ4v) is 7.02. The second-order valence-electron chi connectivity index (χ2n) is 16.5. The summed E-state index contributed by atoms with van der Waals surface area (Å²) in [6.45, 7) is 3.43. The van der Waals surface area contributed by atoms with Gasteiger partial charge < -0.3 is 64.2 Å². The summed E-state index contributed by atoms with van der Waals surface area (Å²) in [5.41, 5.74) is 0. The standard InChI is InChI=1S/C50H84O14/c1-3-5-7-9-11-13-15-17-18-19-20-21-23-25-27-29-31-33-42(52)62-39(36-59-34-32-30-28-26-24-22-16-14-12-10-8-6-4-2)37-60-49-48(58)46(56)44(54)41(64-49)38-61-50-47(57)45(55)43(53)40(35-51)63-50/h5,7,11-14,17-18,20-21,25,27,39-41,43-51,53-58H,3-4,6,8-10,15-16,19,22-24,26,28-38H2,1-2H3/b7-5-,13-11-,14-12-,18-17-,21-20-,27-25-. The molecule has 0 bridgehead atoms. The van der Waals surface area contributed by atoms with Crippen molar-refractivity contribution < 1.29 is 69.0 Å². The van der Waals surface area contributed by atoms with E-state index in [4.69, 9.17) is 28.4 Å². The van der Waals surface area contributed by atoms with Gasteiger partial charge in [-0.15, -0.1) is 0 Å². The maximum Gasteiger partial charge on any atom is 0.306 e. The van der Waals surface area contributed by atoms with Gasteiger partial charge in [-0.3, -0.25) is 4.79 Å². The Balaban J connectivity index is 1.83. The van der Waals surface area contributed by atoms with Crippen molar-refractivity contribution in [3.05, 3.63) is 72.9 Å². The Morgan fingerprint density at radius 1 is 0.531 bits per heavy atom. The summed E-state index contributed by atoms with van der Waals surface area (Å²) in [6, 6.07) is 0. The highest BCUT2D eigenvalue weighted by atomic mass is 16.7. The van der Waals surface area contributed by atoms with Crippen molar-refractivity contribution >= 4 is 5.97 Å². The molecule has 0 aromatic heterocycles. The minimum absolute atomic E-state index is 0.0305. The van der Waals surface area contributed by atoms with E-state index in [1.165, 1.54) is 38.5 Å². The lowest BCUT2D eigenvalue weighted by molar-refractivity contribution is -0.332. The molecule has 0 aliphatic carbocycles. The molecule has 2 rings (SSSR count). The van der Waals surface area contributed by atoms with Gasteiger partial charge in [-0.25, -0.2) is 0 Å². The summed E-state index contributed by atoms with van der Waals surface area (Å²) in [4.78, 5) is 12.9. The topological polar surface area (TPSA) is 214 Å². The van der Waals surface area contributed by atoms with Crippen molar-refractivity contribution in [2.45, 2.75) is 203 Å². The summed E-state index contributed by atoms with van der Waals surface area (Å²) >= 11 is 0. The number of esters is 1. The summed E-state index contributed by atoms with van der Waals surface area (Å²) in [6.07, 6.45) is 28.3. The van der Waals surface area contributed by atoms with Crippen LogP contribution >= 0.6 is 0 Å². The number of aliphatic hydroxyl groups is 7. The van der Waals surface area contributed by atoms with E-state index in [1.54, 1.807) is 0 Å². The third-order valence-electron chi connectivity index (χ3n) is 10.9. The first kappa shape index (κ1) is 57.6. The lowest BCUT2D eigenvalue weighted by Crippen LogP contribution is -2.61. The first-order chi connectivity index (χ1) is 31.1. The predicted molar refractivity (Wildman–Crippen MR) is 247 cm³/mol. The molecule has 2 aliphatic heterocycles. The number of allylic oxidation sites excluding steroid dienone is 12. The number of aliphatic hydroxyl groups excluding tert-OH is 7. The van der Waals surface area contributed by atoms with Gasteiger partial charge >= 0.3 is 5.97 Å². The fraction of sp³-hybridized carbons (Fsp3) is 0.740. The van der Waals surface area contributed by atoms with Crippen molar-refractivity contribution in [3.8, 4) is 0 Å². The van der Waals surface area contributed by atoms with E-state index in [-0.39, 0.29) is 19.6 Å². The zero-order chi connectivity index (χ0) is 46.6. The smallest absolute Gasteiger partial charge is 0.306 e. The molecule has 2 saturated heterocycles. The van der Waals surface area contributed by atoms with Crippen LogP contribution in [0.5, 0.6) is 0 Å². The van der Waals surface area contributed by atoms with Gasteiger partial charge in [0.05, 0.1) is 26.4 Å². The van der Waals surface area contributed by atoms with Crippen LogP contribution in [0, 0.1) is 0 Å². The zero-order valence-corrected chi connectivity index (χ0v) is 38.7. The average molecular weight is 909 g/mol. The highest BCUT2D eigenvalue weighted by molar-refractivity contribution is 5.69. The predicted octanol–water partition coefficient (Wildman–Crippen LogP) is 6.34. The van der Waals surface area contributed by atoms with E-state index in [9.17, 15) is 40.5 Å². The molecule has 11 atom stereocenters. The van der Waals surface area contributed by atoms with Crippen molar-refractivity contribution in [2.24, 2.45) is 0 Å². The molecule has 64 heavy (non-hydrogen) atoms. The number of hydrogen-bond acceptors (Lipinski definition) is 14. The van der Waals surface area contributed by atoms with Gasteiger partial charge in [0.1, 0.15) is 54.9 Å². The van der Waals surface area contributed by atoms with Crippen LogP contribution in [-0.2, 0) is 33.2 Å². The van der Waals surface area contributed by atoms with Crippen LogP contribution in [0.2, 0.25) is 0 Å². The number of rotatable bonds is 36. The van der Waals surface area contributed by atoms with Crippen LogP contribution in [0.15, 0.2) is 72.9 Å². The molecule has 0 aromatic carbocycles. The number of unbranched alkanes of at least 4 members (excludes halogenated alkanes) is 10. The van der Waals surface area contributed by atoms with E-state index in [2.05, 4.69) is 80.7 Å². The monoisotopic (exact) mass is 909 g/mol. The third kappa shape index (κ3) is 25.4. The van der Waals surface area contributed by atoms with E-state index >= 15 is 0 Å². The van der Waals surface area contributed by atoms with E-state index < -0.39 is 86.7 Å². The van der Waals surface area contributed by atoms with Crippen LogP contribution in [-0.4, -0.2) is 142 Å². The molecule has 2 aliphatic rings. The van der Waals surface area contributed by atoms with Crippen LogP contribution in [0.4, 0.5) is 0 Å². The second-order valence-corrected chi connectivity index (χ2v) is 16.5. The van der Waals surface area contributed by atoms with Crippen molar-refractivity contribution in [3.63, 3.8) is 0 Å². The molecular weight excluding hydrogens is 825 g/mol. The Hall–Kier alpha value is -2.57. The summed E-state index contributed by atoms with van der Waals surface area (Å²) in [7, 11) is 0. The van der Waals surface area contributed by atoms with Crippen molar-refractivity contribution in [2.75, 3.05) is 33.0 Å². The molecule has 11 unspecified atom stereocenters. The minimum atomic E-state index is -1.72. The van der Waals surface area contributed by atoms with Gasteiger partial charge in [-0.05, 0) is 77.0 Å². The summed E-state index contributed by atoms with van der Waals surface area (Å²) < 4.78 is 34.1. The average Bonchev–Trinajstić information content (AvgIpc) is 3.29. The Morgan fingerprint density at radius 2 is 1.02 bits per heavy atom. The Labute approximate surface area is 383 Å². The molecule has 0 aromatic rings. The lowest BCUT2D eigenvalue weighted by Gasteiger charge is -2.42. The van der Waals surface area contributed by atoms with Crippen LogP contribution < -0.4 is 0 Å². The van der Waals surface area contributed by atoms with E-state index in [0.29, 0.717) is 19.4 Å². The molecule has 0 spiro atoms. The molecule has 0 radical (unpaired) electrons. The second kappa shape index (κ2) is 37.5. The van der Waals surface area contributed by atoms with E-state index in [1.807, 2.05) is 6.08 Å². The van der Waals surface area contributed by atoms with Crippen molar-refractivity contribution in [1.82, 2.24) is 0 Å². The van der Waals surface area contributed by atoms with Gasteiger partial charge in [-0.1, -0.05) is 125 Å². The van der Waals surface area contributed by atoms with Crippen LogP contribution in [0.3, 0.4) is 0 Å². The molecule has 2 fully saturated rings. The number of ether oxygens (including phenoxy) is 6. The highest BCUT2D eigenvalue weighted by Crippen LogP contribution is 2.26. The van der Waals surface area contributed by atoms with E-state index in [0.717, 1.165) is 64.2 Å². The molecular formula is C50H84O14. The van der Waals surface area contributed by atoms with Gasteiger partial charge in [0, 0.05) is 13.0 Å². The zero-order valence-electron chi connectivity index (χ0n) is 38.7. The van der Waals surface area contributed by atoms with Gasteiger partial charge in [0.2, 0.25) is 0 Å². The highest BCUT2D eigenvalue weighted by Gasteiger charge is 2.47. The quantitative estimate of drug-likeness (QED) is 0.0208. The minimum Gasteiger partial charge on any atom is -0.457 e. The van der Waals surface area contributed by atoms with Crippen LogP contribution in [0.1, 0.15) is 136 Å².